The quantitative estimate of drug-likeness (QED) is 0.238. The van der Waals surface area contributed by atoms with Gasteiger partial charge in [-0.15, -0.1) is 0 Å². The molecule has 1 aliphatic rings. The summed E-state index contributed by atoms with van der Waals surface area (Å²) < 4.78 is 10.6. The molecule has 5 heteroatoms. The van der Waals surface area contributed by atoms with E-state index in [1.165, 1.54) is 89.9 Å². The fraction of sp³-hybridized carbons (Fsp3) is 0.958. The highest BCUT2D eigenvalue weighted by atomic mass is 16.7. The summed E-state index contributed by atoms with van der Waals surface area (Å²) in [5.74, 6) is 0. The zero-order valence-corrected chi connectivity index (χ0v) is 19.0. The topological polar surface area (TPSA) is 67.8 Å². The Morgan fingerprint density at radius 3 is 1.76 bits per heavy atom. The van der Waals surface area contributed by atoms with E-state index < -0.39 is 12.4 Å². The molecule has 5 nitrogen and oxygen atoms in total. The molecule has 1 fully saturated rings. The summed E-state index contributed by atoms with van der Waals surface area (Å²) in [6.45, 7) is 2.92. The van der Waals surface area contributed by atoms with E-state index in [0.717, 1.165) is 19.3 Å². The average Bonchev–Trinajstić information content (AvgIpc) is 3.17. The van der Waals surface area contributed by atoms with Gasteiger partial charge in [0.05, 0.1) is 12.7 Å². The summed E-state index contributed by atoms with van der Waals surface area (Å²) in [6, 6.07) is 0. The second-order valence-electron chi connectivity index (χ2n) is 8.58. The van der Waals surface area contributed by atoms with Gasteiger partial charge < -0.3 is 19.9 Å². The highest BCUT2D eigenvalue weighted by Crippen LogP contribution is 2.20. The van der Waals surface area contributed by atoms with E-state index in [1.54, 1.807) is 0 Å². The van der Waals surface area contributed by atoms with Crippen molar-refractivity contribution < 1.29 is 19.4 Å². The largest absolute Gasteiger partial charge is 0.420 e. The molecule has 0 aromatic carbocycles. The minimum atomic E-state index is -0.502. The van der Waals surface area contributed by atoms with Gasteiger partial charge in [0.15, 0.2) is 0 Å². The van der Waals surface area contributed by atoms with Crippen LogP contribution in [0.2, 0.25) is 0 Å². The Balaban J connectivity index is 1.73. The number of rotatable bonds is 19. The number of aliphatic hydroxyl groups excluding tert-OH is 1. The summed E-state index contributed by atoms with van der Waals surface area (Å²) in [6.07, 6.45) is 21.9. The molecule has 0 aliphatic carbocycles. The molecule has 29 heavy (non-hydrogen) atoms. The van der Waals surface area contributed by atoms with Crippen LogP contribution in [0, 0.1) is 0 Å². The number of aliphatic hydroxyl groups is 1. The van der Waals surface area contributed by atoms with E-state index in [9.17, 15) is 4.79 Å². The van der Waals surface area contributed by atoms with Crippen LogP contribution in [0.5, 0.6) is 0 Å². The molecular formula is C24H47NO4. The van der Waals surface area contributed by atoms with Crippen molar-refractivity contribution in [3.8, 4) is 0 Å². The molecule has 0 aromatic rings. The fourth-order valence-corrected chi connectivity index (χ4v) is 3.92. The van der Waals surface area contributed by atoms with E-state index in [1.807, 2.05) is 0 Å². The number of ether oxygens (including phenoxy) is 2. The summed E-state index contributed by atoms with van der Waals surface area (Å²) >= 11 is 0. The van der Waals surface area contributed by atoms with Crippen LogP contribution in [0.25, 0.3) is 0 Å². The Hall–Kier alpha value is -0.810. The lowest BCUT2D eigenvalue weighted by molar-refractivity contribution is -0.105. The van der Waals surface area contributed by atoms with Crippen LogP contribution in [0.1, 0.15) is 122 Å². The Labute approximate surface area is 179 Å². The van der Waals surface area contributed by atoms with Crippen molar-refractivity contribution in [2.45, 2.75) is 135 Å². The van der Waals surface area contributed by atoms with Crippen molar-refractivity contribution in [2.75, 3.05) is 13.2 Å². The van der Waals surface area contributed by atoms with E-state index in [-0.39, 0.29) is 12.7 Å². The van der Waals surface area contributed by atoms with E-state index in [0.29, 0.717) is 13.0 Å². The van der Waals surface area contributed by atoms with Crippen LogP contribution in [0.4, 0.5) is 4.79 Å². The standard InChI is InChI=1S/C24H47NO4/c1-2-3-4-5-6-7-8-9-10-11-12-13-14-15-16-17-20-25-24(27)29-23-19-18-22(21-26)28-23/h22-23,26H,2-21H2,1H3,(H,25,27)/t22-,23-/m1/s1. The molecule has 0 aromatic heterocycles. The third-order valence-electron chi connectivity index (χ3n) is 5.81. The first-order chi connectivity index (χ1) is 14.3. The molecule has 0 saturated carbocycles. The van der Waals surface area contributed by atoms with Crippen LogP contribution in [0.15, 0.2) is 0 Å². The van der Waals surface area contributed by atoms with Crippen molar-refractivity contribution in [1.29, 1.82) is 0 Å². The summed E-state index contributed by atoms with van der Waals surface area (Å²) in [4.78, 5) is 11.7. The Bertz CT molecular complexity index is 378. The fourth-order valence-electron chi connectivity index (χ4n) is 3.92. The highest BCUT2D eigenvalue weighted by Gasteiger charge is 2.27. The van der Waals surface area contributed by atoms with Crippen LogP contribution < -0.4 is 5.32 Å². The molecule has 0 radical (unpaired) electrons. The Morgan fingerprint density at radius 2 is 1.31 bits per heavy atom. The second kappa shape index (κ2) is 19.2. The van der Waals surface area contributed by atoms with Gasteiger partial charge in [-0.3, -0.25) is 0 Å². The molecule has 0 bridgehead atoms. The smallest absolute Gasteiger partial charge is 0.409 e. The maximum atomic E-state index is 11.7. The maximum Gasteiger partial charge on any atom is 0.409 e. The van der Waals surface area contributed by atoms with Crippen LogP contribution in [-0.2, 0) is 9.47 Å². The van der Waals surface area contributed by atoms with Gasteiger partial charge >= 0.3 is 6.09 Å². The molecule has 1 heterocycles. The van der Waals surface area contributed by atoms with Crippen LogP contribution >= 0.6 is 0 Å². The van der Waals surface area contributed by atoms with Gasteiger partial charge in [0.25, 0.3) is 0 Å². The second-order valence-corrected chi connectivity index (χ2v) is 8.58. The van der Waals surface area contributed by atoms with Crippen molar-refractivity contribution in [2.24, 2.45) is 0 Å². The van der Waals surface area contributed by atoms with Gasteiger partial charge in [0.2, 0.25) is 6.29 Å². The molecule has 1 saturated heterocycles. The highest BCUT2D eigenvalue weighted by molar-refractivity contribution is 5.67. The zero-order valence-electron chi connectivity index (χ0n) is 19.0. The zero-order chi connectivity index (χ0) is 21.0. The van der Waals surface area contributed by atoms with Crippen molar-refractivity contribution in [3.05, 3.63) is 0 Å². The first kappa shape index (κ1) is 26.2. The number of carbonyl (C=O) groups is 1. The first-order valence-corrected chi connectivity index (χ1v) is 12.5. The third-order valence-corrected chi connectivity index (χ3v) is 5.81. The molecule has 0 unspecified atom stereocenters. The number of carbonyl (C=O) groups excluding carboxylic acids is 1. The van der Waals surface area contributed by atoms with Crippen molar-refractivity contribution in [3.63, 3.8) is 0 Å². The first-order valence-electron chi connectivity index (χ1n) is 12.5. The van der Waals surface area contributed by atoms with Crippen LogP contribution in [0.3, 0.4) is 0 Å². The Kier molecular flexibility index (Phi) is 17.3. The van der Waals surface area contributed by atoms with Gasteiger partial charge in [-0.2, -0.15) is 0 Å². The monoisotopic (exact) mass is 413 g/mol. The van der Waals surface area contributed by atoms with Crippen molar-refractivity contribution >= 4 is 6.09 Å². The molecule has 2 atom stereocenters. The molecule has 1 aliphatic heterocycles. The number of amides is 1. The van der Waals surface area contributed by atoms with Gasteiger partial charge in [-0.1, -0.05) is 103 Å². The molecule has 172 valence electrons. The van der Waals surface area contributed by atoms with Crippen molar-refractivity contribution in [1.82, 2.24) is 5.32 Å². The predicted octanol–water partition coefficient (Wildman–Crippen LogP) is 6.47. The molecule has 1 amide bonds. The molecule has 0 spiro atoms. The minimum Gasteiger partial charge on any atom is -0.420 e. The number of hydrogen-bond donors (Lipinski definition) is 2. The normalized spacial score (nSPS) is 18.8. The van der Waals surface area contributed by atoms with Gasteiger partial charge in [-0.05, 0) is 12.8 Å². The van der Waals surface area contributed by atoms with E-state index in [4.69, 9.17) is 14.6 Å². The van der Waals surface area contributed by atoms with Gasteiger partial charge in [0, 0.05) is 13.0 Å². The Morgan fingerprint density at radius 1 is 0.828 bits per heavy atom. The van der Waals surface area contributed by atoms with Crippen LogP contribution in [-0.4, -0.2) is 36.7 Å². The van der Waals surface area contributed by atoms with Gasteiger partial charge in [0.1, 0.15) is 0 Å². The predicted molar refractivity (Wildman–Crippen MR) is 119 cm³/mol. The average molecular weight is 414 g/mol. The number of unbranched alkanes of at least 4 members (excludes halogenated alkanes) is 15. The SMILES string of the molecule is CCCCCCCCCCCCCCCCCCNC(=O)O[C@@H]1CC[C@H](CO)O1. The summed E-state index contributed by atoms with van der Waals surface area (Å²) in [5, 5.41) is 11.8. The lowest BCUT2D eigenvalue weighted by atomic mass is 10.0. The lowest BCUT2D eigenvalue weighted by Gasteiger charge is -2.13. The van der Waals surface area contributed by atoms with Gasteiger partial charge in [-0.25, -0.2) is 4.79 Å². The van der Waals surface area contributed by atoms with E-state index in [2.05, 4.69) is 12.2 Å². The lowest BCUT2D eigenvalue weighted by Crippen LogP contribution is -2.30. The van der Waals surface area contributed by atoms with E-state index >= 15 is 0 Å². The number of alkyl carbamates (subject to hydrolysis) is 1. The third kappa shape index (κ3) is 15.7. The molecule has 2 N–H and O–H groups in total. The maximum absolute atomic E-state index is 11.7. The number of nitrogens with one attached hydrogen (secondary N) is 1. The molecule has 1 rings (SSSR count). The number of hydrogen-bond acceptors (Lipinski definition) is 4. The minimum absolute atomic E-state index is 0.0132. The summed E-state index contributed by atoms with van der Waals surface area (Å²) in [5.41, 5.74) is 0. The summed E-state index contributed by atoms with van der Waals surface area (Å²) in [7, 11) is 0. The molecular weight excluding hydrogens is 366 g/mol.